The van der Waals surface area contributed by atoms with E-state index in [4.69, 9.17) is 0 Å². The highest BCUT2D eigenvalue weighted by Crippen LogP contribution is 2.31. The Morgan fingerprint density at radius 1 is 0.700 bits per heavy atom. The van der Waals surface area contributed by atoms with Gasteiger partial charge in [0, 0.05) is 0 Å². The molecule has 1 heteroatoms. The van der Waals surface area contributed by atoms with Gasteiger partial charge in [-0.2, -0.15) is 0 Å². The molecule has 1 saturated carbocycles. The molecule has 1 aliphatic heterocycles. The lowest BCUT2D eigenvalue weighted by Gasteiger charge is -2.48. The molecule has 2 fully saturated rings. The minimum atomic E-state index is 1.03. The van der Waals surface area contributed by atoms with E-state index in [2.05, 4.69) is 6.92 Å². The Morgan fingerprint density at radius 2 is 1.30 bits per heavy atom. The van der Waals surface area contributed by atoms with Gasteiger partial charge in [0.05, 0.1) is 25.7 Å². The fourth-order valence-electron chi connectivity index (χ4n) is 4.75. The molecule has 0 atom stereocenters. The van der Waals surface area contributed by atoms with E-state index in [0.717, 1.165) is 6.04 Å². The van der Waals surface area contributed by atoms with Crippen molar-refractivity contribution in [3.05, 3.63) is 0 Å². The van der Waals surface area contributed by atoms with Crippen LogP contribution in [0.15, 0.2) is 0 Å². The molecule has 0 amide bonds. The third-order valence-corrected chi connectivity index (χ3v) is 6.01. The highest BCUT2D eigenvalue weighted by atomic mass is 15.4. The maximum absolute atomic E-state index is 2.33. The number of likely N-dealkylation sites (tertiary alicyclic amines) is 1. The molecule has 0 aromatic heterocycles. The number of rotatable bonds is 6. The molecule has 2 rings (SSSR count). The van der Waals surface area contributed by atoms with Crippen molar-refractivity contribution in [1.82, 2.24) is 0 Å². The first-order valence-corrected chi connectivity index (χ1v) is 9.73. The van der Waals surface area contributed by atoms with Gasteiger partial charge in [0.1, 0.15) is 0 Å². The molecule has 1 nitrogen and oxygen atoms in total. The van der Waals surface area contributed by atoms with Gasteiger partial charge in [0.15, 0.2) is 0 Å². The van der Waals surface area contributed by atoms with E-state index < -0.39 is 0 Å². The fourth-order valence-corrected chi connectivity index (χ4v) is 4.75. The van der Waals surface area contributed by atoms with Crippen molar-refractivity contribution in [2.75, 3.05) is 19.6 Å². The predicted molar refractivity (Wildman–Crippen MR) is 89.0 cm³/mol. The van der Waals surface area contributed by atoms with Crippen molar-refractivity contribution in [2.45, 2.75) is 103 Å². The number of unbranched alkanes of at least 4 members (excludes halogenated alkanes) is 3. The fraction of sp³-hybridized carbons (Fsp3) is 1.00. The maximum Gasteiger partial charge on any atom is 0.0890 e. The first kappa shape index (κ1) is 16.3. The Hall–Kier alpha value is -0.0400. The van der Waals surface area contributed by atoms with Gasteiger partial charge in [-0.1, -0.05) is 39.0 Å². The molecule has 20 heavy (non-hydrogen) atoms. The highest BCUT2D eigenvalue weighted by Gasteiger charge is 2.37. The summed E-state index contributed by atoms with van der Waals surface area (Å²) >= 11 is 0. The molecule has 118 valence electrons. The van der Waals surface area contributed by atoms with E-state index in [9.17, 15) is 0 Å². The van der Waals surface area contributed by atoms with E-state index >= 15 is 0 Å². The molecule has 1 aliphatic carbocycles. The molecule has 0 spiro atoms. The number of hydrogen-bond donors (Lipinski definition) is 0. The summed E-state index contributed by atoms with van der Waals surface area (Å²) in [5.74, 6) is 0. The molecule has 0 aromatic carbocycles. The average Bonchev–Trinajstić information content (AvgIpc) is 2.44. The van der Waals surface area contributed by atoms with Crippen LogP contribution in [0.3, 0.4) is 0 Å². The summed E-state index contributed by atoms with van der Waals surface area (Å²) in [5.41, 5.74) is 0. The van der Waals surface area contributed by atoms with E-state index in [1.54, 1.807) is 0 Å². The maximum atomic E-state index is 2.33. The molecule has 1 saturated heterocycles. The van der Waals surface area contributed by atoms with Crippen molar-refractivity contribution >= 4 is 0 Å². The summed E-state index contributed by atoms with van der Waals surface area (Å²) in [6.07, 6.45) is 20.9. The third kappa shape index (κ3) is 4.76. The van der Waals surface area contributed by atoms with Gasteiger partial charge >= 0.3 is 0 Å². The molecule has 0 bridgehead atoms. The van der Waals surface area contributed by atoms with Gasteiger partial charge < -0.3 is 4.48 Å². The van der Waals surface area contributed by atoms with Crippen LogP contribution in [0.5, 0.6) is 0 Å². The van der Waals surface area contributed by atoms with Crippen molar-refractivity contribution < 1.29 is 4.48 Å². The van der Waals surface area contributed by atoms with Crippen LogP contribution in [0.25, 0.3) is 0 Å². The molecule has 0 unspecified atom stereocenters. The lowest BCUT2D eigenvalue weighted by molar-refractivity contribution is -0.956. The SMILES string of the molecule is CCCCCC[N+]1(C2CCCCCCC2)CCCCC1. The van der Waals surface area contributed by atoms with Crippen LogP contribution in [0, 0.1) is 0 Å². The topological polar surface area (TPSA) is 0 Å². The number of piperidine rings is 1. The van der Waals surface area contributed by atoms with Gasteiger partial charge in [0.2, 0.25) is 0 Å². The second-order valence-corrected chi connectivity index (χ2v) is 7.51. The Bertz CT molecular complexity index is 234. The Morgan fingerprint density at radius 3 is 1.95 bits per heavy atom. The summed E-state index contributed by atoms with van der Waals surface area (Å²) in [5, 5.41) is 0. The first-order chi connectivity index (χ1) is 9.87. The zero-order chi connectivity index (χ0) is 14.1. The quantitative estimate of drug-likeness (QED) is 0.434. The third-order valence-electron chi connectivity index (χ3n) is 6.01. The largest absolute Gasteiger partial charge is 0.321 e. The van der Waals surface area contributed by atoms with Crippen LogP contribution in [0.2, 0.25) is 0 Å². The van der Waals surface area contributed by atoms with Gasteiger partial charge in [0.25, 0.3) is 0 Å². The van der Waals surface area contributed by atoms with Crippen molar-refractivity contribution in [3.8, 4) is 0 Å². The normalized spacial score (nSPS) is 25.1. The van der Waals surface area contributed by atoms with Gasteiger partial charge in [-0.15, -0.1) is 0 Å². The molecule has 0 radical (unpaired) electrons. The Labute approximate surface area is 127 Å². The first-order valence-electron chi connectivity index (χ1n) is 9.73. The summed E-state index contributed by atoms with van der Waals surface area (Å²) in [4.78, 5) is 0. The summed E-state index contributed by atoms with van der Waals surface area (Å²) in [7, 11) is 0. The molecular weight excluding hydrogens is 242 g/mol. The van der Waals surface area contributed by atoms with Crippen LogP contribution >= 0.6 is 0 Å². The predicted octanol–water partition coefficient (Wildman–Crippen LogP) is 5.68. The second-order valence-electron chi connectivity index (χ2n) is 7.51. The highest BCUT2D eigenvalue weighted by molar-refractivity contribution is 4.68. The minimum absolute atomic E-state index is 1.03. The van der Waals surface area contributed by atoms with Crippen LogP contribution in [-0.4, -0.2) is 30.2 Å². The van der Waals surface area contributed by atoms with E-state index in [1.807, 2.05) is 0 Å². The molecule has 0 aromatic rings. The number of hydrogen-bond acceptors (Lipinski definition) is 0. The zero-order valence-electron chi connectivity index (χ0n) is 14.0. The standard InChI is InChI=1S/C19H38N/c1-2-3-4-11-16-20(17-12-8-13-18-20)19-14-9-6-5-7-10-15-19/h19H,2-18H2,1H3/q+1. The Kier molecular flexibility index (Phi) is 7.41. The lowest BCUT2D eigenvalue weighted by atomic mass is 9.91. The Balaban J connectivity index is 1.92. The van der Waals surface area contributed by atoms with Crippen LogP contribution in [-0.2, 0) is 0 Å². The van der Waals surface area contributed by atoms with Crippen molar-refractivity contribution in [2.24, 2.45) is 0 Å². The van der Waals surface area contributed by atoms with Crippen LogP contribution in [0.4, 0.5) is 0 Å². The van der Waals surface area contributed by atoms with Crippen molar-refractivity contribution in [1.29, 1.82) is 0 Å². The van der Waals surface area contributed by atoms with Crippen LogP contribution in [0.1, 0.15) is 96.8 Å². The van der Waals surface area contributed by atoms with E-state index in [-0.39, 0.29) is 0 Å². The molecule has 1 heterocycles. The van der Waals surface area contributed by atoms with Gasteiger partial charge in [-0.25, -0.2) is 0 Å². The molecule has 0 N–H and O–H groups in total. The van der Waals surface area contributed by atoms with Crippen LogP contribution < -0.4 is 0 Å². The van der Waals surface area contributed by atoms with E-state index in [1.165, 1.54) is 114 Å². The van der Waals surface area contributed by atoms with Crippen molar-refractivity contribution in [3.63, 3.8) is 0 Å². The molecular formula is C19H38N+. The smallest absolute Gasteiger partial charge is 0.0890 e. The van der Waals surface area contributed by atoms with Gasteiger partial charge in [-0.3, -0.25) is 0 Å². The lowest BCUT2D eigenvalue weighted by Crippen LogP contribution is -2.58. The van der Waals surface area contributed by atoms with E-state index in [0.29, 0.717) is 0 Å². The average molecular weight is 281 g/mol. The zero-order valence-corrected chi connectivity index (χ0v) is 14.0. The minimum Gasteiger partial charge on any atom is -0.321 e. The number of quaternary nitrogens is 1. The molecule has 2 aliphatic rings. The monoisotopic (exact) mass is 280 g/mol. The number of nitrogens with zero attached hydrogens (tertiary/aromatic N) is 1. The second kappa shape index (κ2) is 9.07. The summed E-state index contributed by atoms with van der Waals surface area (Å²) in [6.45, 7) is 6.86. The summed E-state index contributed by atoms with van der Waals surface area (Å²) in [6, 6.07) is 1.03. The van der Waals surface area contributed by atoms with Gasteiger partial charge in [-0.05, 0) is 57.8 Å². The summed E-state index contributed by atoms with van der Waals surface area (Å²) < 4.78 is 1.53.